The fourth-order valence-corrected chi connectivity index (χ4v) is 2.91. The van der Waals surface area contributed by atoms with Crippen molar-refractivity contribution in [3.63, 3.8) is 0 Å². The van der Waals surface area contributed by atoms with Crippen LogP contribution in [0.5, 0.6) is 0 Å². The predicted molar refractivity (Wildman–Crippen MR) is 84.6 cm³/mol. The van der Waals surface area contributed by atoms with Crippen molar-refractivity contribution < 1.29 is 14.3 Å². The van der Waals surface area contributed by atoms with Crippen LogP contribution >= 0.6 is 0 Å². The van der Waals surface area contributed by atoms with Crippen molar-refractivity contribution in [3.05, 3.63) is 30.6 Å². The Bertz CT molecular complexity index is 734. The molecule has 0 radical (unpaired) electrons. The Morgan fingerprint density at radius 3 is 2.74 bits per heavy atom. The van der Waals surface area contributed by atoms with Crippen molar-refractivity contribution in [2.24, 2.45) is 5.73 Å². The highest BCUT2D eigenvalue weighted by atomic mass is 16.5. The Morgan fingerprint density at radius 1 is 1.35 bits per heavy atom. The lowest BCUT2D eigenvalue weighted by Gasteiger charge is -2.35. The molecule has 7 nitrogen and oxygen atoms in total. The van der Waals surface area contributed by atoms with E-state index in [0.29, 0.717) is 26.1 Å². The van der Waals surface area contributed by atoms with E-state index in [4.69, 9.17) is 10.5 Å². The molecule has 2 aromatic rings. The van der Waals surface area contributed by atoms with Gasteiger partial charge in [0.1, 0.15) is 11.6 Å². The average molecular weight is 316 g/mol. The first kappa shape index (κ1) is 15.5. The van der Waals surface area contributed by atoms with E-state index in [-0.39, 0.29) is 5.91 Å². The summed E-state index contributed by atoms with van der Waals surface area (Å²) < 4.78 is 7.06. The van der Waals surface area contributed by atoms with Crippen LogP contribution in [-0.2, 0) is 14.3 Å². The van der Waals surface area contributed by atoms with Gasteiger partial charge in [-0.25, -0.2) is 4.98 Å². The summed E-state index contributed by atoms with van der Waals surface area (Å²) >= 11 is 0. The largest absolute Gasteiger partial charge is 0.381 e. The quantitative estimate of drug-likeness (QED) is 0.869. The molecule has 2 heterocycles. The van der Waals surface area contributed by atoms with Crippen LogP contribution < -0.4 is 11.1 Å². The molecule has 1 fully saturated rings. The van der Waals surface area contributed by atoms with Crippen LogP contribution in [0, 0.1) is 0 Å². The molecule has 1 aromatic heterocycles. The number of nitrogens with zero attached hydrogens (tertiary/aromatic N) is 2. The highest BCUT2D eigenvalue weighted by molar-refractivity contribution is 5.92. The average Bonchev–Trinajstić information content (AvgIpc) is 2.98. The minimum absolute atomic E-state index is 0.256. The minimum atomic E-state index is -1.03. The van der Waals surface area contributed by atoms with Crippen LogP contribution in [0.1, 0.15) is 25.8 Å². The van der Waals surface area contributed by atoms with Gasteiger partial charge in [-0.1, -0.05) is 12.1 Å². The number of primary amides is 1. The first-order chi connectivity index (χ1) is 11.0. The molecule has 1 unspecified atom stereocenters. The second-order valence-corrected chi connectivity index (χ2v) is 5.86. The molecule has 0 aliphatic carbocycles. The molecule has 0 spiro atoms. The van der Waals surface area contributed by atoms with Gasteiger partial charge < -0.3 is 20.4 Å². The molecule has 1 aliphatic heterocycles. The van der Waals surface area contributed by atoms with Crippen LogP contribution in [0.2, 0.25) is 0 Å². The highest BCUT2D eigenvalue weighted by Gasteiger charge is 2.40. The second-order valence-electron chi connectivity index (χ2n) is 5.86. The summed E-state index contributed by atoms with van der Waals surface area (Å²) in [6, 6.07) is 7.09. The van der Waals surface area contributed by atoms with Crippen LogP contribution in [0.15, 0.2) is 30.6 Å². The normalized spacial score (nSPS) is 18.5. The van der Waals surface area contributed by atoms with Crippen molar-refractivity contribution in [2.45, 2.75) is 31.3 Å². The summed E-state index contributed by atoms with van der Waals surface area (Å²) in [6.45, 7) is 2.59. The lowest BCUT2D eigenvalue weighted by Crippen LogP contribution is -2.61. The van der Waals surface area contributed by atoms with Gasteiger partial charge in [0, 0.05) is 26.1 Å². The Hall–Kier alpha value is -2.41. The monoisotopic (exact) mass is 316 g/mol. The smallest absolute Gasteiger partial charge is 0.243 e. The number of ether oxygens (including phenoxy) is 1. The van der Waals surface area contributed by atoms with Gasteiger partial charge in [0.15, 0.2) is 0 Å². The van der Waals surface area contributed by atoms with E-state index < -0.39 is 17.5 Å². The molecule has 1 atom stereocenters. The number of hydrogen-bond acceptors (Lipinski definition) is 4. The molecule has 0 saturated carbocycles. The zero-order chi connectivity index (χ0) is 16.4. The third-order valence-corrected chi connectivity index (χ3v) is 4.46. The number of nitrogens with two attached hydrogens (primary N) is 1. The lowest BCUT2D eigenvalue weighted by atomic mass is 9.89. The second kappa shape index (κ2) is 6.00. The van der Waals surface area contributed by atoms with E-state index >= 15 is 0 Å². The first-order valence-electron chi connectivity index (χ1n) is 7.65. The van der Waals surface area contributed by atoms with Gasteiger partial charge in [-0.05, 0) is 19.1 Å². The maximum atomic E-state index is 12.7. The Morgan fingerprint density at radius 2 is 2.04 bits per heavy atom. The van der Waals surface area contributed by atoms with Gasteiger partial charge in [0.2, 0.25) is 11.8 Å². The maximum absolute atomic E-state index is 12.7. The summed E-state index contributed by atoms with van der Waals surface area (Å²) in [7, 11) is 0. The summed E-state index contributed by atoms with van der Waals surface area (Å²) in [4.78, 5) is 28.8. The maximum Gasteiger partial charge on any atom is 0.243 e. The summed E-state index contributed by atoms with van der Waals surface area (Å²) in [6.07, 6.45) is 2.42. The van der Waals surface area contributed by atoms with E-state index in [2.05, 4.69) is 10.3 Å². The zero-order valence-electron chi connectivity index (χ0n) is 13.0. The Kier molecular flexibility index (Phi) is 4.04. The van der Waals surface area contributed by atoms with E-state index in [1.807, 2.05) is 24.3 Å². The van der Waals surface area contributed by atoms with E-state index in [9.17, 15) is 9.59 Å². The van der Waals surface area contributed by atoms with E-state index in [1.54, 1.807) is 17.8 Å². The van der Waals surface area contributed by atoms with Crippen molar-refractivity contribution in [3.8, 4) is 0 Å². The van der Waals surface area contributed by atoms with Gasteiger partial charge in [0.05, 0.1) is 17.4 Å². The number of carbonyl (C=O) groups is 2. The molecule has 0 bridgehead atoms. The molecule has 3 rings (SSSR count). The van der Waals surface area contributed by atoms with Crippen molar-refractivity contribution in [1.82, 2.24) is 14.9 Å². The number of imidazole rings is 1. The van der Waals surface area contributed by atoms with Crippen LogP contribution in [0.3, 0.4) is 0 Å². The third-order valence-electron chi connectivity index (χ3n) is 4.46. The number of rotatable bonds is 4. The fraction of sp³-hybridized carbons (Fsp3) is 0.438. The number of amides is 2. The van der Waals surface area contributed by atoms with Crippen molar-refractivity contribution >= 4 is 22.8 Å². The zero-order valence-corrected chi connectivity index (χ0v) is 13.0. The molecule has 3 N–H and O–H groups in total. The number of nitrogens with one attached hydrogen (secondary N) is 1. The molecular formula is C16H20N4O3. The Balaban J connectivity index is 1.83. The first-order valence-corrected chi connectivity index (χ1v) is 7.65. The number of benzene rings is 1. The van der Waals surface area contributed by atoms with Crippen LogP contribution in [-0.4, -0.2) is 40.1 Å². The van der Waals surface area contributed by atoms with Crippen molar-refractivity contribution in [2.75, 3.05) is 13.2 Å². The molecule has 1 saturated heterocycles. The van der Waals surface area contributed by atoms with Crippen LogP contribution in [0.4, 0.5) is 0 Å². The summed E-state index contributed by atoms with van der Waals surface area (Å²) in [5, 5.41) is 2.84. The fourth-order valence-electron chi connectivity index (χ4n) is 2.91. The molecule has 23 heavy (non-hydrogen) atoms. The number of carbonyl (C=O) groups excluding carboxylic acids is 2. The van der Waals surface area contributed by atoms with Gasteiger partial charge in [0.25, 0.3) is 0 Å². The third kappa shape index (κ3) is 2.79. The standard InChI is InChI=1S/C16H20N4O3/c1-11(20-10-18-12-4-2-3-5-13(12)20)14(21)19-16(15(17)22)6-8-23-9-7-16/h2-5,10-11H,6-9H2,1H3,(H2,17,22)(H,19,21). The minimum Gasteiger partial charge on any atom is -0.381 e. The molecule has 122 valence electrons. The summed E-state index contributed by atoms with van der Waals surface area (Å²) in [5.41, 5.74) is 6.20. The van der Waals surface area contributed by atoms with Gasteiger partial charge in [-0.3, -0.25) is 9.59 Å². The number of fused-ring (bicyclic) bond motifs is 1. The number of hydrogen-bond donors (Lipinski definition) is 2. The van der Waals surface area contributed by atoms with Gasteiger partial charge >= 0.3 is 0 Å². The number of para-hydroxylation sites is 2. The predicted octanol–water partition coefficient (Wildman–Crippen LogP) is 0.748. The van der Waals surface area contributed by atoms with Gasteiger partial charge in [-0.2, -0.15) is 0 Å². The Labute approximate surface area is 133 Å². The number of aromatic nitrogens is 2. The van der Waals surface area contributed by atoms with E-state index in [0.717, 1.165) is 11.0 Å². The molecule has 1 aromatic carbocycles. The molecule has 1 aliphatic rings. The topological polar surface area (TPSA) is 99.2 Å². The lowest BCUT2D eigenvalue weighted by molar-refractivity contribution is -0.136. The SMILES string of the molecule is CC(C(=O)NC1(C(N)=O)CCOCC1)n1cnc2ccccc21. The molecule has 2 amide bonds. The molecule has 7 heteroatoms. The highest BCUT2D eigenvalue weighted by Crippen LogP contribution is 2.23. The summed E-state index contributed by atoms with van der Waals surface area (Å²) in [5.74, 6) is -0.773. The van der Waals surface area contributed by atoms with Gasteiger partial charge in [-0.15, -0.1) is 0 Å². The van der Waals surface area contributed by atoms with Crippen molar-refractivity contribution in [1.29, 1.82) is 0 Å². The van der Waals surface area contributed by atoms with E-state index in [1.165, 1.54) is 0 Å². The molecular weight excluding hydrogens is 296 g/mol. The van der Waals surface area contributed by atoms with Crippen LogP contribution in [0.25, 0.3) is 11.0 Å².